The van der Waals surface area contributed by atoms with E-state index in [2.05, 4.69) is 0 Å². The zero-order valence-corrected chi connectivity index (χ0v) is 13.6. The highest BCUT2D eigenvalue weighted by Crippen LogP contribution is 2.34. The Morgan fingerprint density at radius 3 is 2.05 bits per heavy atom. The third-order valence-electron chi connectivity index (χ3n) is 5.34. The van der Waals surface area contributed by atoms with Crippen LogP contribution in [0.1, 0.15) is 69.3 Å². The lowest BCUT2D eigenvalue weighted by Gasteiger charge is -2.12. The van der Waals surface area contributed by atoms with Gasteiger partial charge in [-0.25, -0.2) is 8.42 Å². The summed E-state index contributed by atoms with van der Waals surface area (Å²) >= 11 is 0. The van der Waals surface area contributed by atoms with E-state index in [1.165, 1.54) is 56.9 Å². The summed E-state index contributed by atoms with van der Waals surface area (Å²) in [6, 6.07) is 7.74. The maximum Gasteiger partial charge on any atom is 0.178 e. The van der Waals surface area contributed by atoms with Crippen molar-refractivity contribution in [2.24, 2.45) is 5.92 Å². The van der Waals surface area contributed by atoms with Crippen LogP contribution in [0.3, 0.4) is 0 Å². The Morgan fingerprint density at radius 1 is 0.857 bits per heavy atom. The summed E-state index contributed by atoms with van der Waals surface area (Å²) in [4.78, 5) is 0.516. The summed E-state index contributed by atoms with van der Waals surface area (Å²) in [5, 5.41) is 0. The van der Waals surface area contributed by atoms with Crippen molar-refractivity contribution >= 4 is 9.84 Å². The molecule has 0 spiro atoms. The van der Waals surface area contributed by atoms with Gasteiger partial charge in [-0.3, -0.25) is 0 Å². The second-order valence-electron chi connectivity index (χ2n) is 6.81. The lowest BCUT2D eigenvalue weighted by molar-refractivity contribution is 0.521. The van der Waals surface area contributed by atoms with Crippen LogP contribution in [-0.4, -0.2) is 14.2 Å². The fourth-order valence-electron chi connectivity index (χ4n) is 3.95. The van der Waals surface area contributed by atoms with E-state index in [0.717, 1.165) is 6.42 Å². The molecule has 3 heteroatoms. The molecule has 2 nitrogen and oxygen atoms in total. The van der Waals surface area contributed by atoms with Crippen LogP contribution in [0.4, 0.5) is 0 Å². The van der Waals surface area contributed by atoms with Crippen molar-refractivity contribution in [1.29, 1.82) is 0 Å². The Labute approximate surface area is 128 Å². The average molecular weight is 306 g/mol. The molecule has 1 aromatic rings. The van der Waals surface area contributed by atoms with Gasteiger partial charge in [0.25, 0.3) is 0 Å². The van der Waals surface area contributed by atoms with Crippen LogP contribution < -0.4 is 0 Å². The van der Waals surface area contributed by atoms with Crippen molar-refractivity contribution in [3.8, 4) is 0 Å². The van der Waals surface area contributed by atoms with Gasteiger partial charge in [0.15, 0.2) is 9.84 Å². The lowest BCUT2D eigenvalue weighted by Crippen LogP contribution is -2.10. The van der Waals surface area contributed by atoms with E-state index >= 15 is 0 Å². The number of rotatable bonds is 5. The van der Waals surface area contributed by atoms with Crippen molar-refractivity contribution in [3.05, 3.63) is 29.8 Å². The predicted molar refractivity (Wildman–Crippen MR) is 86.3 cm³/mol. The van der Waals surface area contributed by atoms with E-state index in [1.807, 2.05) is 24.3 Å². The summed E-state index contributed by atoms with van der Waals surface area (Å²) in [5.41, 5.74) is 1.32. The van der Waals surface area contributed by atoms with Crippen LogP contribution in [0.5, 0.6) is 0 Å². The highest BCUT2D eigenvalue weighted by atomic mass is 32.2. The molecule has 1 aromatic carbocycles. The van der Waals surface area contributed by atoms with Crippen molar-refractivity contribution in [3.63, 3.8) is 0 Å². The normalized spacial score (nSPS) is 21.1. The number of sulfone groups is 1. The zero-order chi connectivity index (χ0) is 14.7. The van der Waals surface area contributed by atoms with E-state index < -0.39 is 9.84 Å². The van der Waals surface area contributed by atoms with Crippen LogP contribution in [0.2, 0.25) is 0 Å². The molecule has 2 fully saturated rings. The van der Waals surface area contributed by atoms with E-state index in [4.69, 9.17) is 0 Å². The molecule has 2 aliphatic rings. The molecule has 0 atom stereocenters. The summed E-state index contributed by atoms with van der Waals surface area (Å²) in [7, 11) is -3.09. The van der Waals surface area contributed by atoms with E-state index in [9.17, 15) is 8.42 Å². The van der Waals surface area contributed by atoms with Gasteiger partial charge in [-0.05, 0) is 48.8 Å². The van der Waals surface area contributed by atoms with Gasteiger partial charge >= 0.3 is 0 Å². The van der Waals surface area contributed by atoms with Crippen LogP contribution in [-0.2, 0) is 9.84 Å². The molecule has 0 aromatic heterocycles. The molecule has 0 unspecified atom stereocenters. The molecule has 21 heavy (non-hydrogen) atoms. The fraction of sp³-hybridized carbons (Fsp3) is 0.667. The Kier molecular flexibility index (Phi) is 4.68. The highest BCUT2D eigenvalue weighted by molar-refractivity contribution is 7.91. The van der Waals surface area contributed by atoms with Crippen molar-refractivity contribution in [2.45, 2.75) is 68.6 Å². The molecular formula is C18H26O2S. The number of benzene rings is 1. The second kappa shape index (κ2) is 6.51. The van der Waals surface area contributed by atoms with Crippen molar-refractivity contribution in [1.82, 2.24) is 0 Å². The van der Waals surface area contributed by atoms with Gasteiger partial charge in [-0.2, -0.15) is 0 Å². The first kappa shape index (κ1) is 15.1. The van der Waals surface area contributed by atoms with E-state index in [-0.39, 0.29) is 0 Å². The highest BCUT2D eigenvalue weighted by Gasteiger charge is 2.21. The van der Waals surface area contributed by atoms with Crippen molar-refractivity contribution < 1.29 is 8.42 Å². The molecule has 0 saturated heterocycles. The van der Waals surface area contributed by atoms with Crippen LogP contribution in [0.15, 0.2) is 29.2 Å². The largest absolute Gasteiger partial charge is 0.224 e. The van der Waals surface area contributed by atoms with Crippen molar-refractivity contribution in [2.75, 3.05) is 5.75 Å². The van der Waals surface area contributed by atoms with Crippen LogP contribution in [0, 0.1) is 5.92 Å². The molecule has 0 amide bonds. The molecule has 0 N–H and O–H groups in total. The summed E-state index contributed by atoms with van der Waals surface area (Å²) < 4.78 is 24.8. The third-order valence-corrected chi connectivity index (χ3v) is 7.10. The quantitative estimate of drug-likeness (QED) is 0.790. The number of hydrogen-bond donors (Lipinski definition) is 0. The predicted octanol–water partition coefficient (Wildman–Crippen LogP) is 4.70. The maximum atomic E-state index is 12.4. The first-order valence-electron chi connectivity index (χ1n) is 8.48. The standard InChI is InChI=1S/C18H26O2S/c19-21(20,14-13-15-5-1-2-6-15)18-11-9-17(10-12-18)16-7-3-4-8-16/h9-12,15-16H,1-8,13-14H2. The summed E-state index contributed by atoms with van der Waals surface area (Å²) in [6.07, 6.45) is 11.0. The fourth-order valence-corrected chi connectivity index (χ4v) is 5.38. The lowest BCUT2D eigenvalue weighted by atomic mass is 9.98. The zero-order valence-electron chi connectivity index (χ0n) is 12.8. The molecule has 2 aliphatic carbocycles. The van der Waals surface area contributed by atoms with Gasteiger partial charge in [0.05, 0.1) is 10.6 Å². The van der Waals surface area contributed by atoms with Gasteiger partial charge < -0.3 is 0 Å². The average Bonchev–Trinajstić information content (AvgIpc) is 3.19. The van der Waals surface area contributed by atoms with Crippen LogP contribution in [0.25, 0.3) is 0 Å². The molecular weight excluding hydrogens is 280 g/mol. The Bertz CT molecular complexity index is 547. The topological polar surface area (TPSA) is 34.1 Å². The number of hydrogen-bond acceptors (Lipinski definition) is 2. The SMILES string of the molecule is O=S(=O)(CCC1CCCC1)c1ccc(C2CCCC2)cc1. The maximum absolute atomic E-state index is 12.4. The van der Waals surface area contributed by atoms with Gasteiger partial charge in [0, 0.05) is 0 Å². The summed E-state index contributed by atoms with van der Waals surface area (Å²) in [6.45, 7) is 0. The molecule has 2 saturated carbocycles. The van der Waals surface area contributed by atoms with Gasteiger partial charge in [-0.1, -0.05) is 50.7 Å². The molecule has 116 valence electrons. The first-order chi connectivity index (χ1) is 10.1. The first-order valence-corrected chi connectivity index (χ1v) is 10.1. The third kappa shape index (κ3) is 3.68. The minimum absolute atomic E-state index is 0.320. The minimum Gasteiger partial charge on any atom is -0.224 e. The molecule has 0 bridgehead atoms. The monoisotopic (exact) mass is 306 g/mol. The molecule has 0 aliphatic heterocycles. The summed E-state index contributed by atoms with van der Waals surface area (Å²) in [5.74, 6) is 1.61. The smallest absolute Gasteiger partial charge is 0.178 e. The Balaban J connectivity index is 1.64. The Hall–Kier alpha value is -0.830. The molecule has 3 rings (SSSR count). The van der Waals surface area contributed by atoms with Gasteiger partial charge in [-0.15, -0.1) is 0 Å². The molecule has 0 heterocycles. The Morgan fingerprint density at radius 2 is 1.43 bits per heavy atom. The molecule has 0 radical (unpaired) electrons. The van der Waals surface area contributed by atoms with E-state index in [0.29, 0.717) is 22.5 Å². The second-order valence-corrected chi connectivity index (χ2v) is 8.92. The van der Waals surface area contributed by atoms with Crippen LogP contribution >= 0.6 is 0 Å². The minimum atomic E-state index is -3.09. The van der Waals surface area contributed by atoms with Gasteiger partial charge in [0.2, 0.25) is 0 Å². The van der Waals surface area contributed by atoms with E-state index in [1.54, 1.807) is 0 Å². The van der Waals surface area contributed by atoms with Gasteiger partial charge in [0.1, 0.15) is 0 Å².